The number of hydrogen-bond donors (Lipinski definition) is 2. The number of benzene rings is 2. The predicted octanol–water partition coefficient (Wildman–Crippen LogP) is 3.04. The lowest BCUT2D eigenvalue weighted by atomic mass is 10.2. The van der Waals surface area contributed by atoms with Gasteiger partial charge in [0.1, 0.15) is 17.2 Å². The zero-order valence-corrected chi connectivity index (χ0v) is 15.8. The van der Waals surface area contributed by atoms with Crippen molar-refractivity contribution in [1.29, 1.82) is 0 Å². The van der Waals surface area contributed by atoms with Gasteiger partial charge in [0.15, 0.2) is 0 Å². The molecule has 7 heteroatoms. The van der Waals surface area contributed by atoms with Crippen molar-refractivity contribution >= 4 is 11.9 Å². The summed E-state index contributed by atoms with van der Waals surface area (Å²) in [5.74, 6) is 1.67. The van der Waals surface area contributed by atoms with Gasteiger partial charge in [0.2, 0.25) is 5.95 Å². The molecular weight excluding hydrogens is 356 g/mol. The minimum Gasteiger partial charge on any atom is -0.497 e. The first-order chi connectivity index (χ1) is 13.7. The van der Waals surface area contributed by atoms with Crippen molar-refractivity contribution in [2.24, 2.45) is 0 Å². The molecule has 0 unspecified atom stereocenters. The second-order valence-corrected chi connectivity index (χ2v) is 5.96. The average Bonchev–Trinajstić information content (AvgIpc) is 2.76. The van der Waals surface area contributed by atoms with Gasteiger partial charge in [-0.25, -0.2) is 9.97 Å². The van der Waals surface area contributed by atoms with Gasteiger partial charge in [-0.2, -0.15) is 0 Å². The lowest BCUT2D eigenvalue weighted by molar-refractivity contribution is 0.0946. The Labute approximate surface area is 163 Å². The smallest absolute Gasteiger partial charge is 0.270 e. The third-order valence-corrected chi connectivity index (χ3v) is 4.13. The van der Waals surface area contributed by atoms with Crippen LogP contribution < -0.4 is 20.1 Å². The van der Waals surface area contributed by atoms with Crippen molar-refractivity contribution in [2.45, 2.75) is 13.1 Å². The molecule has 3 aromatic rings. The molecule has 3 rings (SSSR count). The van der Waals surface area contributed by atoms with E-state index in [1.807, 2.05) is 48.5 Å². The third-order valence-electron chi connectivity index (χ3n) is 4.13. The summed E-state index contributed by atoms with van der Waals surface area (Å²) in [4.78, 5) is 20.9. The molecule has 2 aromatic carbocycles. The van der Waals surface area contributed by atoms with E-state index < -0.39 is 0 Å². The fourth-order valence-corrected chi connectivity index (χ4v) is 2.61. The topological polar surface area (TPSA) is 85.4 Å². The zero-order valence-electron chi connectivity index (χ0n) is 15.8. The van der Waals surface area contributed by atoms with Crippen LogP contribution in [0.2, 0.25) is 0 Å². The van der Waals surface area contributed by atoms with E-state index in [1.54, 1.807) is 26.5 Å². The number of rotatable bonds is 8. The van der Waals surface area contributed by atoms with Gasteiger partial charge in [0.05, 0.1) is 14.2 Å². The van der Waals surface area contributed by atoms with Crippen LogP contribution in [0.4, 0.5) is 5.95 Å². The lowest BCUT2D eigenvalue weighted by Crippen LogP contribution is -2.24. The molecule has 28 heavy (non-hydrogen) atoms. The molecule has 0 aliphatic rings. The average molecular weight is 378 g/mol. The second kappa shape index (κ2) is 9.36. The Kier molecular flexibility index (Phi) is 6.41. The fraction of sp³-hybridized carbons (Fsp3) is 0.190. The standard InChI is InChI=1S/C21H22N4O3/c1-27-17-9-7-15(8-10-17)13-23-20(26)18-11-12-22-21(25-18)24-14-16-5-3-4-6-19(16)28-2/h3-12H,13-14H2,1-2H3,(H,23,26)(H,22,24,25). The summed E-state index contributed by atoms with van der Waals surface area (Å²) in [6.07, 6.45) is 1.56. The highest BCUT2D eigenvalue weighted by atomic mass is 16.5. The third kappa shape index (κ3) is 4.97. The van der Waals surface area contributed by atoms with Crippen molar-refractivity contribution in [3.05, 3.63) is 77.6 Å². The summed E-state index contributed by atoms with van der Waals surface area (Å²) >= 11 is 0. The number of amides is 1. The summed E-state index contributed by atoms with van der Waals surface area (Å²) in [7, 11) is 3.24. The molecule has 7 nitrogen and oxygen atoms in total. The van der Waals surface area contributed by atoms with E-state index in [1.165, 1.54) is 0 Å². The van der Waals surface area contributed by atoms with Crippen LogP contribution in [0.3, 0.4) is 0 Å². The molecule has 1 aromatic heterocycles. The van der Waals surface area contributed by atoms with Gasteiger partial charge >= 0.3 is 0 Å². The maximum atomic E-state index is 12.4. The summed E-state index contributed by atoms with van der Waals surface area (Å²) < 4.78 is 10.5. The van der Waals surface area contributed by atoms with Crippen LogP contribution in [0.1, 0.15) is 21.6 Å². The molecule has 0 atom stereocenters. The van der Waals surface area contributed by atoms with E-state index in [0.717, 1.165) is 22.6 Å². The van der Waals surface area contributed by atoms with Crippen LogP contribution >= 0.6 is 0 Å². The Bertz CT molecular complexity index is 929. The normalized spacial score (nSPS) is 10.2. The molecule has 0 bridgehead atoms. The maximum Gasteiger partial charge on any atom is 0.270 e. The first-order valence-corrected chi connectivity index (χ1v) is 8.79. The number of aromatic nitrogens is 2. The van der Waals surface area contributed by atoms with Gasteiger partial charge in [0, 0.05) is 24.8 Å². The number of methoxy groups -OCH3 is 2. The van der Waals surface area contributed by atoms with E-state index in [4.69, 9.17) is 9.47 Å². The predicted molar refractivity (Wildman–Crippen MR) is 107 cm³/mol. The van der Waals surface area contributed by atoms with Crippen molar-refractivity contribution < 1.29 is 14.3 Å². The number of carbonyl (C=O) groups is 1. The quantitative estimate of drug-likeness (QED) is 0.627. The molecule has 0 fully saturated rings. The highest BCUT2D eigenvalue weighted by Gasteiger charge is 2.09. The van der Waals surface area contributed by atoms with E-state index in [-0.39, 0.29) is 5.91 Å². The highest BCUT2D eigenvalue weighted by Crippen LogP contribution is 2.18. The van der Waals surface area contributed by atoms with Gasteiger partial charge < -0.3 is 20.1 Å². The number of anilines is 1. The van der Waals surface area contributed by atoms with Gasteiger partial charge in [-0.1, -0.05) is 30.3 Å². The molecule has 0 saturated carbocycles. The lowest BCUT2D eigenvalue weighted by Gasteiger charge is -2.10. The Morgan fingerprint density at radius 2 is 1.75 bits per heavy atom. The van der Waals surface area contributed by atoms with Crippen LogP contribution in [0.5, 0.6) is 11.5 Å². The summed E-state index contributed by atoms with van der Waals surface area (Å²) in [5, 5.41) is 5.98. The largest absolute Gasteiger partial charge is 0.497 e. The molecule has 0 saturated heterocycles. The number of para-hydroxylation sites is 1. The number of ether oxygens (including phenoxy) is 2. The van der Waals surface area contributed by atoms with Crippen molar-refractivity contribution in [3.8, 4) is 11.5 Å². The van der Waals surface area contributed by atoms with E-state index in [2.05, 4.69) is 20.6 Å². The first-order valence-electron chi connectivity index (χ1n) is 8.79. The van der Waals surface area contributed by atoms with Crippen LogP contribution in [-0.2, 0) is 13.1 Å². The van der Waals surface area contributed by atoms with Crippen molar-refractivity contribution in [2.75, 3.05) is 19.5 Å². The molecule has 0 radical (unpaired) electrons. The molecule has 1 amide bonds. The van der Waals surface area contributed by atoms with Gasteiger partial charge in [-0.15, -0.1) is 0 Å². The minimum atomic E-state index is -0.265. The number of nitrogens with zero attached hydrogens (tertiary/aromatic N) is 2. The van der Waals surface area contributed by atoms with Crippen molar-refractivity contribution in [3.63, 3.8) is 0 Å². The molecular formula is C21H22N4O3. The van der Waals surface area contributed by atoms with Crippen LogP contribution in [-0.4, -0.2) is 30.1 Å². The summed E-state index contributed by atoms with van der Waals surface area (Å²) in [5.41, 5.74) is 2.24. The monoisotopic (exact) mass is 378 g/mol. The van der Waals surface area contributed by atoms with Crippen molar-refractivity contribution in [1.82, 2.24) is 15.3 Å². The number of carbonyl (C=O) groups excluding carboxylic acids is 1. The Morgan fingerprint density at radius 1 is 0.964 bits per heavy atom. The molecule has 2 N–H and O–H groups in total. The second-order valence-electron chi connectivity index (χ2n) is 5.96. The molecule has 0 spiro atoms. The number of nitrogens with one attached hydrogen (secondary N) is 2. The summed E-state index contributed by atoms with van der Waals surface area (Å²) in [6.45, 7) is 0.887. The molecule has 1 heterocycles. The Hall–Kier alpha value is -3.61. The maximum absolute atomic E-state index is 12.4. The fourth-order valence-electron chi connectivity index (χ4n) is 2.61. The Morgan fingerprint density at radius 3 is 2.50 bits per heavy atom. The molecule has 0 aliphatic carbocycles. The van der Waals surface area contributed by atoms with Crippen LogP contribution in [0, 0.1) is 0 Å². The summed E-state index contributed by atoms with van der Waals surface area (Å²) in [6, 6.07) is 16.8. The van der Waals surface area contributed by atoms with Crippen LogP contribution in [0.25, 0.3) is 0 Å². The van der Waals surface area contributed by atoms with Gasteiger partial charge in [0.25, 0.3) is 5.91 Å². The van der Waals surface area contributed by atoms with E-state index in [9.17, 15) is 4.79 Å². The van der Waals surface area contributed by atoms with E-state index in [0.29, 0.717) is 24.7 Å². The minimum absolute atomic E-state index is 0.265. The highest BCUT2D eigenvalue weighted by molar-refractivity contribution is 5.92. The van der Waals surface area contributed by atoms with Crippen LogP contribution in [0.15, 0.2) is 60.8 Å². The molecule has 144 valence electrons. The first kappa shape index (κ1) is 19.2. The Balaban J connectivity index is 1.59. The van der Waals surface area contributed by atoms with Gasteiger partial charge in [-0.3, -0.25) is 4.79 Å². The zero-order chi connectivity index (χ0) is 19.8. The number of hydrogen-bond acceptors (Lipinski definition) is 6. The van der Waals surface area contributed by atoms with Gasteiger partial charge in [-0.05, 0) is 29.8 Å². The molecule has 0 aliphatic heterocycles. The SMILES string of the molecule is COc1ccc(CNC(=O)c2ccnc(NCc3ccccc3OC)n2)cc1. The van der Waals surface area contributed by atoms with E-state index >= 15 is 0 Å².